The van der Waals surface area contributed by atoms with Gasteiger partial charge in [-0.1, -0.05) is 66.4 Å². The van der Waals surface area contributed by atoms with Gasteiger partial charge in [0.2, 0.25) is 17.7 Å². The van der Waals surface area contributed by atoms with Crippen LogP contribution in [0.25, 0.3) is 0 Å². The van der Waals surface area contributed by atoms with Gasteiger partial charge in [-0.25, -0.2) is 0 Å². The maximum absolute atomic E-state index is 13.8. The fourth-order valence-electron chi connectivity index (χ4n) is 6.50. The number of halogens is 2. The molecule has 1 spiro atoms. The van der Waals surface area contributed by atoms with Gasteiger partial charge in [0, 0.05) is 55.1 Å². The number of hydrogen-bond acceptors (Lipinski definition) is 5. The van der Waals surface area contributed by atoms with E-state index < -0.39 is 35.8 Å². The van der Waals surface area contributed by atoms with Crippen molar-refractivity contribution in [3.63, 3.8) is 0 Å². The minimum Gasteiger partial charge on any atom is -0.481 e. The van der Waals surface area contributed by atoms with E-state index in [4.69, 9.17) is 23.2 Å². The molecule has 4 rings (SSSR count). The summed E-state index contributed by atoms with van der Waals surface area (Å²) >= 11 is 12.2. The van der Waals surface area contributed by atoms with Crippen LogP contribution in [0.3, 0.4) is 0 Å². The highest BCUT2D eigenvalue weighted by atomic mass is 35.5. The number of amides is 4. The average molecular weight is 674 g/mol. The lowest BCUT2D eigenvalue weighted by Gasteiger charge is -2.40. The topological polar surface area (TPSA) is 136 Å². The predicted octanol–water partition coefficient (Wildman–Crippen LogP) is 5.06. The Morgan fingerprint density at radius 2 is 1.48 bits per heavy atom. The summed E-state index contributed by atoms with van der Waals surface area (Å²) in [6, 6.07) is 11.6. The number of carboxylic acid groups (broad SMARTS) is 1. The van der Waals surface area contributed by atoms with E-state index in [1.165, 1.54) is 48.8 Å². The van der Waals surface area contributed by atoms with Crippen molar-refractivity contribution in [1.82, 2.24) is 20.4 Å². The molecule has 0 radical (unpaired) electrons. The Labute approximate surface area is 279 Å². The van der Waals surface area contributed by atoms with Crippen LogP contribution in [0.15, 0.2) is 48.5 Å². The SMILES string of the molecule is CN(Cc1ccccc1)C(=O)[C@@H](CCC(=O)O)NC(=O)CC[C@@H](NC(=O)c1cc(Cl)cc(Cl)c1)C(=O)N1CCC2(CCCC2)CC1. The zero-order valence-electron chi connectivity index (χ0n) is 26.1. The highest BCUT2D eigenvalue weighted by Crippen LogP contribution is 2.46. The first kappa shape index (κ1) is 35.2. The summed E-state index contributed by atoms with van der Waals surface area (Å²) in [5.41, 5.74) is 1.36. The molecule has 1 aliphatic carbocycles. The molecule has 46 heavy (non-hydrogen) atoms. The average Bonchev–Trinajstić information content (AvgIpc) is 3.48. The van der Waals surface area contributed by atoms with E-state index in [-0.39, 0.29) is 59.2 Å². The highest BCUT2D eigenvalue weighted by molar-refractivity contribution is 6.35. The van der Waals surface area contributed by atoms with Crippen molar-refractivity contribution in [3.05, 3.63) is 69.7 Å². The molecule has 12 heteroatoms. The second-order valence-electron chi connectivity index (χ2n) is 12.5. The highest BCUT2D eigenvalue weighted by Gasteiger charge is 2.39. The Bertz CT molecular complexity index is 1390. The zero-order valence-corrected chi connectivity index (χ0v) is 27.6. The smallest absolute Gasteiger partial charge is 0.303 e. The molecule has 0 unspecified atom stereocenters. The normalized spacial score (nSPS) is 16.8. The summed E-state index contributed by atoms with van der Waals surface area (Å²) in [6.45, 7) is 1.45. The quantitative estimate of drug-likeness (QED) is 0.272. The van der Waals surface area contributed by atoms with Crippen molar-refractivity contribution >= 4 is 52.8 Å². The minimum absolute atomic E-state index is 0.0218. The largest absolute Gasteiger partial charge is 0.481 e. The molecule has 10 nitrogen and oxygen atoms in total. The number of likely N-dealkylation sites (tertiary alicyclic amines) is 1. The van der Waals surface area contributed by atoms with Gasteiger partial charge in [0.25, 0.3) is 5.91 Å². The number of aliphatic carboxylic acids is 1. The number of likely N-dealkylation sites (N-methyl/N-ethyl adjacent to an activating group) is 1. The first-order chi connectivity index (χ1) is 21.9. The number of benzene rings is 2. The van der Waals surface area contributed by atoms with Crippen LogP contribution in [0.4, 0.5) is 0 Å². The molecule has 0 aromatic heterocycles. The van der Waals surface area contributed by atoms with E-state index >= 15 is 0 Å². The molecule has 2 fully saturated rings. The van der Waals surface area contributed by atoms with Gasteiger partial charge in [-0.15, -0.1) is 0 Å². The number of carbonyl (C=O) groups excluding carboxylic acids is 4. The van der Waals surface area contributed by atoms with Crippen LogP contribution in [0.5, 0.6) is 0 Å². The van der Waals surface area contributed by atoms with Crippen molar-refractivity contribution in [2.24, 2.45) is 5.41 Å². The van der Waals surface area contributed by atoms with Crippen LogP contribution >= 0.6 is 23.2 Å². The Kier molecular flexibility index (Phi) is 12.5. The molecule has 1 heterocycles. The van der Waals surface area contributed by atoms with E-state index in [2.05, 4.69) is 10.6 Å². The number of hydrogen-bond donors (Lipinski definition) is 3. The van der Waals surface area contributed by atoms with Crippen LogP contribution in [-0.2, 0) is 25.7 Å². The number of carboxylic acids is 1. The lowest BCUT2D eigenvalue weighted by atomic mass is 9.77. The summed E-state index contributed by atoms with van der Waals surface area (Å²) in [7, 11) is 1.59. The van der Waals surface area contributed by atoms with Gasteiger partial charge < -0.3 is 25.5 Å². The molecule has 1 saturated carbocycles. The van der Waals surface area contributed by atoms with E-state index in [0.29, 0.717) is 13.1 Å². The van der Waals surface area contributed by atoms with Crippen LogP contribution in [-0.4, -0.2) is 76.7 Å². The van der Waals surface area contributed by atoms with Crippen molar-refractivity contribution < 1.29 is 29.1 Å². The molecule has 1 aliphatic heterocycles. The van der Waals surface area contributed by atoms with Crippen molar-refractivity contribution in [2.75, 3.05) is 20.1 Å². The lowest BCUT2D eigenvalue weighted by Crippen LogP contribution is -2.52. The monoisotopic (exact) mass is 672 g/mol. The van der Waals surface area contributed by atoms with Gasteiger partial charge in [0.05, 0.1) is 0 Å². The van der Waals surface area contributed by atoms with Gasteiger partial charge >= 0.3 is 5.97 Å². The molecule has 2 aromatic rings. The fraction of sp³-hybridized carbons (Fsp3) is 0.500. The number of rotatable bonds is 13. The Morgan fingerprint density at radius 1 is 0.870 bits per heavy atom. The van der Waals surface area contributed by atoms with Gasteiger partial charge in [-0.3, -0.25) is 24.0 Å². The van der Waals surface area contributed by atoms with E-state index in [1.54, 1.807) is 11.9 Å². The van der Waals surface area contributed by atoms with Crippen molar-refractivity contribution in [1.29, 1.82) is 0 Å². The molecule has 1 saturated heterocycles. The Balaban J connectivity index is 1.43. The molecule has 2 atom stereocenters. The molecular formula is C34H42Cl2N4O6. The summed E-state index contributed by atoms with van der Waals surface area (Å²) in [5.74, 6) is -2.87. The molecule has 4 amide bonds. The summed E-state index contributed by atoms with van der Waals surface area (Å²) < 4.78 is 0. The molecule has 2 aromatic carbocycles. The van der Waals surface area contributed by atoms with Crippen LogP contribution in [0.2, 0.25) is 10.0 Å². The van der Waals surface area contributed by atoms with Gasteiger partial charge in [0.1, 0.15) is 12.1 Å². The maximum atomic E-state index is 13.8. The molecule has 0 bridgehead atoms. The number of nitrogens with one attached hydrogen (secondary N) is 2. The Hall–Kier alpha value is -3.63. The standard InChI is InChI=1S/C34H42Cl2N4O6/c1-39(22-23-7-3-2-4-8-23)32(45)27(10-12-30(42)43)37-29(41)11-9-28(38-31(44)24-19-25(35)21-26(36)20-24)33(46)40-17-15-34(16-18-40)13-5-6-14-34/h2-4,7-8,19-21,27-28H,5-6,9-18,22H2,1H3,(H,37,41)(H,38,44)(H,42,43)/t27-,28-/m1/s1. The summed E-state index contributed by atoms with van der Waals surface area (Å²) in [6.07, 6.45) is 5.98. The third-order valence-corrected chi connectivity index (χ3v) is 9.54. The summed E-state index contributed by atoms with van der Waals surface area (Å²) in [4.78, 5) is 68.0. The van der Waals surface area contributed by atoms with E-state index in [1.807, 2.05) is 30.3 Å². The van der Waals surface area contributed by atoms with E-state index in [0.717, 1.165) is 18.4 Å². The minimum atomic E-state index is -1.09. The zero-order chi connectivity index (χ0) is 33.3. The summed E-state index contributed by atoms with van der Waals surface area (Å²) in [5, 5.41) is 15.3. The molecule has 3 N–H and O–H groups in total. The van der Waals surface area contributed by atoms with Crippen molar-refractivity contribution in [2.45, 2.75) is 82.8 Å². The third-order valence-electron chi connectivity index (χ3n) is 9.11. The van der Waals surface area contributed by atoms with Crippen LogP contribution in [0.1, 0.15) is 80.1 Å². The third kappa shape index (κ3) is 9.93. The van der Waals surface area contributed by atoms with Crippen molar-refractivity contribution in [3.8, 4) is 0 Å². The Morgan fingerprint density at radius 3 is 2.09 bits per heavy atom. The van der Waals surface area contributed by atoms with Crippen LogP contribution < -0.4 is 10.6 Å². The predicted molar refractivity (Wildman–Crippen MR) is 175 cm³/mol. The van der Waals surface area contributed by atoms with Crippen LogP contribution in [0, 0.1) is 5.41 Å². The molecule has 248 valence electrons. The first-order valence-electron chi connectivity index (χ1n) is 15.8. The second-order valence-corrected chi connectivity index (χ2v) is 13.4. The fourth-order valence-corrected chi connectivity index (χ4v) is 7.03. The lowest BCUT2D eigenvalue weighted by molar-refractivity contribution is -0.140. The maximum Gasteiger partial charge on any atom is 0.303 e. The molecular weight excluding hydrogens is 631 g/mol. The number of carbonyl (C=O) groups is 5. The van der Waals surface area contributed by atoms with E-state index in [9.17, 15) is 29.1 Å². The van der Waals surface area contributed by atoms with Gasteiger partial charge in [-0.2, -0.15) is 0 Å². The first-order valence-corrected chi connectivity index (χ1v) is 16.6. The number of piperidine rings is 1. The van der Waals surface area contributed by atoms with Gasteiger partial charge in [0.15, 0.2) is 0 Å². The molecule has 2 aliphatic rings. The number of nitrogens with zero attached hydrogens (tertiary/aromatic N) is 2. The van der Waals surface area contributed by atoms with Gasteiger partial charge in [-0.05, 0) is 67.7 Å². The second kappa shape index (κ2) is 16.3.